The zero-order valence-electron chi connectivity index (χ0n) is 17.5. The number of halogens is 4. The molecule has 10 heteroatoms. The van der Waals surface area contributed by atoms with Gasteiger partial charge in [0.05, 0.1) is 21.3 Å². The number of anilines is 1. The number of nitrogens with one attached hydrogen (secondary N) is 1. The molecule has 1 saturated heterocycles. The molecule has 1 aliphatic carbocycles. The summed E-state index contributed by atoms with van der Waals surface area (Å²) in [4.78, 5) is 19.4. The first-order valence-corrected chi connectivity index (χ1v) is 11.9. The number of phenolic OH excluding ortho intramolecular Hbond substituents is 1. The monoisotopic (exact) mass is 495 g/mol. The fourth-order valence-electron chi connectivity index (χ4n) is 4.87. The number of likely N-dealkylation sites (tertiary alicyclic amines) is 1. The molecule has 3 aromatic rings. The quantitative estimate of drug-likeness (QED) is 0.445. The normalized spacial score (nSPS) is 21.0. The predicted octanol–water partition coefficient (Wildman–Crippen LogP) is 6.30. The molecule has 2 N–H and O–H groups in total. The molecule has 1 saturated carbocycles. The number of alkyl halides is 3. The summed E-state index contributed by atoms with van der Waals surface area (Å²) in [5.74, 6) is 0.0324. The van der Waals surface area contributed by atoms with Crippen LogP contribution in [0, 0.1) is 5.92 Å². The van der Waals surface area contributed by atoms with Crippen molar-refractivity contribution in [3.63, 3.8) is 0 Å². The molecule has 1 amide bonds. The Kier molecular flexibility index (Phi) is 5.74. The summed E-state index contributed by atoms with van der Waals surface area (Å²) < 4.78 is 39.2. The van der Waals surface area contributed by atoms with Crippen molar-refractivity contribution in [3.8, 4) is 5.75 Å². The number of nitrogens with zero attached hydrogens (tertiary/aromatic N) is 2. The van der Waals surface area contributed by atoms with Crippen LogP contribution in [-0.2, 0) is 12.7 Å². The van der Waals surface area contributed by atoms with Crippen molar-refractivity contribution in [2.75, 3.05) is 11.9 Å². The number of carbonyl (C=O) groups excluding carboxylic acids is 1. The van der Waals surface area contributed by atoms with Crippen LogP contribution in [0.1, 0.15) is 47.2 Å². The minimum absolute atomic E-state index is 0.00837. The number of rotatable bonds is 4. The van der Waals surface area contributed by atoms with Gasteiger partial charge in [0.2, 0.25) is 0 Å². The van der Waals surface area contributed by atoms with Crippen LogP contribution in [0.2, 0.25) is 5.02 Å². The number of aromatic hydroxyl groups is 1. The standard InChI is InChI=1S/C23H21ClF3N3O2S/c24-15-8-13(11-30-6-5-12-1-3-16(30)7-12)20(31)17(10-15)21(32)29-22-28-18-4-2-14(23(25,26)27)9-19(18)33-22/h2,4,8-10,12,16,31H,1,3,5-7,11H2,(H,28,29,32). The highest BCUT2D eigenvalue weighted by Gasteiger charge is 2.34. The fraction of sp³-hybridized carbons (Fsp3) is 0.391. The van der Waals surface area contributed by atoms with Gasteiger partial charge in [-0.2, -0.15) is 13.2 Å². The maximum Gasteiger partial charge on any atom is 0.416 e. The van der Waals surface area contributed by atoms with Gasteiger partial charge in [-0.3, -0.25) is 15.0 Å². The second-order valence-corrected chi connectivity index (χ2v) is 10.2. The summed E-state index contributed by atoms with van der Waals surface area (Å²) in [6.45, 7) is 1.46. The van der Waals surface area contributed by atoms with Gasteiger partial charge in [-0.05, 0) is 68.5 Å². The average Bonchev–Trinajstić information content (AvgIpc) is 3.34. The van der Waals surface area contributed by atoms with Crippen LogP contribution in [0.15, 0.2) is 30.3 Å². The van der Waals surface area contributed by atoms with Crippen molar-refractivity contribution in [2.24, 2.45) is 5.92 Å². The van der Waals surface area contributed by atoms with E-state index in [0.29, 0.717) is 33.4 Å². The van der Waals surface area contributed by atoms with Gasteiger partial charge in [-0.15, -0.1) is 0 Å². The Hall–Kier alpha value is -2.36. The third-order valence-electron chi connectivity index (χ3n) is 6.56. The summed E-state index contributed by atoms with van der Waals surface area (Å²) in [6.07, 6.45) is 0.232. The number of aromatic nitrogens is 1. The van der Waals surface area contributed by atoms with Crippen molar-refractivity contribution in [3.05, 3.63) is 52.0 Å². The van der Waals surface area contributed by atoms with E-state index in [2.05, 4.69) is 15.2 Å². The van der Waals surface area contributed by atoms with E-state index in [4.69, 9.17) is 11.6 Å². The summed E-state index contributed by atoms with van der Waals surface area (Å²) in [5, 5.41) is 13.9. The van der Waals surface area contributed by atoms with Crippen LogP contribution < -0.4 is 5.32 Å². The minimum atomic E-state index is -4.46. The Morgan fingerprint density at radius 2 is 2.06 bits per heavy atom. The molecule has 2 atom stereocenters. The van der Waals surface area contributed by atoms with Crippen molar-refractivity contribution in [1.29, 1.82) is 0 Å². The summed E-state index contributed by atoms with van der Waals surface area (Å²) in [5.41, 5.74) is 0.158. The molecule has 2 unspecified atom stereocenters. The van der Waals surface area contributed by atoms with E-state index in [1.807, 2.05) is 0 Å². The first-order chi connectivity index (χ1) is 15.7. The highest BCUT2D eigenvalue weighted by atomic mass is 35.5. The van der Waals surface area contributed by atoms with E-state index in [1.54, 1.807) is 6.07 Å². The molecule has 2 heterocycles. The maximum absolute atomic E-state index is 13.0. The lowest BCUT2D eigenvalue weighted by Crippen LogP contribution is -2.37. The number of hydrogen-bond acceptors (Lipinski definition) is 5. The molecule has 5 rings (SSSR count). The van der Waals surface area contributed by atoms with Gasteiger partial charge in [0.1, 0.15) is 5.75 Å². The van der Waals surface area contributed by atoms with E-state index < -0.39 is 17.6 Å². The van der Waals surface area contributed by atoms with E-state index in [0.717, 1.165) is 48.8 Å². The second-order valence-electron chi connectivity index (χ2n) is 8.71. The zero-order valence-corrected chi connectivity index (χ0v) is 19.0. The van der Waals surface area contributed by atoms with Gasteiger partial charge in [0.25, 0.3) is 5.91 Å². The molecule has 2 bridgehead atoms. The van der Waals surface area contributed by atoms with E-state index in [9.17, 15) is 23.1 Å². The van der Waals surface area contributed by atoms with Gasteiger partial charge in [-0.1, -0.05) is 22.9 Å². The highest BCUT2D eigenvalue weighted by molar-refractivity contribution is 7.22. The number of amides is 1. The molecule has 0 spiro atoms. The molecule has 1 aromatic heterocycles. The van der Waals surface area contributed by atoms with Crippen LogP contribution in [-0.4, -0.2) is 33.5 Å². The molecule has 2 aromatic carbocycles. The Balaban J connectivity index is 1.37. The zero-order chi connectivity index (χ0) is 23.3. The first-order valence-electron chi connectivity index (χ1n) is 10.7. The van der Waals surface area contributed by atoms with Gasteiger partial charge in [-0.25, -0.2) is 4.98 Å². The van der Waals surface area contributed by atoms with Crippen molar-refractivity contribution in [1.82, 2.24) is 9.88 Å². The SMILES string of the molecule is O=C(Nc1nc2ccc(C(F)(F)F)cc2s1)c1cc(Cl)cc(CN2CCC3CCC2C3)c1O. The number of hydrogen-bond donors (Lipinski definition) is 2. The number of thiazole rings is 1. The highest BCUT2D eigenvalue weighted by Crippen LogP contribution is 2.39. The lowest BCUT2D eigenvalue weighted by atomic mass is 9.98. The smallest absolute Gasteiger partial charge is 0.416 e. The number of benzene rings is 2. The van der Waals surface area contributed by atoms with E-state index in [-0.39, 0.29) is 16.4 Å². The Morgan fingerprint density at radius 1 is 1.24 bits per heavy atom. The molecule has 174 valence electrons. The van der Waals surface area contributed by atoms with Crippen LogP contribution in [0.25, 0.3) is 10.2 Å². The van der Waals surface area contributed by atoms with Crippen molar-refractivity contribution in [2.45, 2.75) is 44.4 Å². The average molecular weight is 496 g/mol. The topological polar surface area (TPSA) is 65.5 Å². The molecular formula is C23H21ClF3N3O2S. The molecular weight excluding hydrogens is 475 g/mol. The third kappa shape index (κ3) is 4.54. The molecule has 33 heavy (non-hydrogen) atoms. The molecule has 2 aliphatic rings. The molecule has 1 aliphatic heterocycles. The summed E-state index contributed by atoms with van der Waals surface area (Å²) >= 11 is 7.20. The maximum atomic E-state index is 13.0. The molecule has 0 radical (unpaired) electrons. The van der Waals surface area contributed by atoms with Gasteiger partial charge in [0, 0.05) is 23.2 Å². The van der Waals surface area contributed by atoms with Crippen LogP contribution in [0.5, 0.6) is 5.75 Å². The second kappa shape index (κ2) is 8.45. The summed E-state index contributed by atoms with van der Waals surface area (Å²) in [6, 6.07) is 6.77. The van der Waals surface area contributed by atoms with Crippen LogP contribution >= 0.6 is 22.9 Å². The predicted molar refractivity (Wildman–Crippen MR) is 122 cm³/mol. The molecule has 2 fully saturated rings. The Bertz CT molecular complexity index is 1230. The number of phenols is 1. The minimum Gasteiger partial charge on any atom is -0.507 e. The number of carbonyl (C=O) groups is 1. The first kappa shape index (κ1) is 22.4. The van der Waals surface area contributed by atoms with Gasteiger partial charge >= 0.3 is 6.18 Å². The lowest BCUT2D eigenvalue weighted by molar-refractivity contribution is -0.137. The Morgan fingerprint density at radius 3 is 2.85 bits per heavy atom. The Labute approximate surface area is 197 Å². The van der Waals surface area contributed by atoms with Crippen molar-refractivity contribution < 1.29 is 23.1 Å². The number of fused-ring (bicyclic) bond motifs is 3. The van der Waals surface area contributed by atoms with Gasteiger partial charge in [0.15, 0.2) is 5.13 Å². The molecule has 5 nitrogen and oxygen atoms in total. The van der Waals surface area contributed by atoms with Crippen molar-refractivity contribution >= 4 is 44.2 Å². The largest absolute Gasteiger partial charge is 0.507 e. The van der Waals surface area contributed by atoms with E-state index >= 15 is 0 Å². The van der Waals surface area contributed by atoms with Crippen LogP contribution in [0.4, 0.5) is 18.3 Å². The summed E-state index contributed by atoms with van der Waals surface area (Å²) in [7, 11) is 0. The van der Waals surface area contributed by atoms with Crippen LogP contribution in [0.3, 0.4) is 0 Å². The number of piperidine rings is 1. The van der Waals surface area contributed by atoms with E-state index in [1.165, 1.54) is 25.0 Å². The lowest BCUT2D eigenvalue weighted by Gasteiger charge is -2.33. The fourth-order valence-corrected chi connectivity index (χ4v) is 6.01. The third-order valence-corrected chi connectivity index (χ3v) is 7.71. The van der Waals surface area contributed by atoms with Gasteiger partial charge < -0.3 is 5.11 Å².